The van der Waals surface area contributed by atoms with Crippen LogP contribution >= 0.6 is 0 Å². The molecular weight excluding hydrogens is 330 g/mol. The predicted molar refractivity (Wildman–Crippen MR) is 100 cm³/mol. The van der Waals surface area contributed by atoms with Crippen molar-refractivity contribution in [2.75, 3.05) is 39.1 Å². The van der Waals surface area contributed by atoms with Gasteiger partial charge in [0, 0.05) is 51.3 Å². The van der Waals surface area contributed by atoms with Crippen molar-refractivity contribution in [3.05, 3.63) is 48.3 Å². The van der Waals surface area contributed by atoms with Gasteiger partial charge in [-0.1, -0.05) is 0 Å². The Balaban J connectivity index is 1.86. The van der Waals surface area contributed by atoms with E-state index >= 15 is 0 Å². The van der Waals surface area contributed by atoms with E-state index in [4.69, 9.17) is 0 Å². The number of benzene rings is 1. The van der Waals surface area contributed by atoms with Gasteiger partial charge < -0.3 is 15.1 Å². The first-order valence-electron chi connectivity index (χ1n) is 8.77. The van der Waals surface area contributed by atoms with Gasteiger partial charge in [0.1, 0.15) is 0 Å². The number of rotatable bonds is 4. The summed E-state index contributed by atoms with van der Waals surface area (Å²) in [5.41, 5.74) is 0.802. The summed E-state index contributed by atoms with van der Waals surface area (Å²) in [6.45, 7) is 0.941. The summed E-state index contributed by atoms with van der Waals surface area (Å²) in [6.07, 6.45) is 4.84. The Morgan fingerprint density at radius 3 is 2.54 bits per heavy atom. The molecule has 1 unspecified atom stereocenters. The summed E-state index contributed by atoms with van der Waals surface area (Å²) in [7, 11) is 5.54. The lowest BCUT2D eigenvalue weighted by molar-refractivity contribution is -0.132. The molecule has 1 aromatic carbocycles. The number of carbonyl (C=O) groups excluding carboxylic acids is 2. The average Bonchev–Trinajstić information content (AvgIpc) is 3.22. The molecule has 1 fully saturated rings. The Morgan fingerprint density at radius 1 is 1.23 bits per heavy atom. The molecule has 2 amide bonds. The summed E-state index contributed by atoms with van der Waals surface area (Å²) in [5, 5.41) is 7.03. The Labute approximate surface area is 153 Å². The third-order valence-corrected chi connectivity index (χ3v) is 4.98. The first kappa shape index (κ1) is 18.0. The molecule has 0 bridgehead atoms. The molecule has 0 aliphatic carbocycles. The van der Waals surface area contributed by atoms with Crippen LogP contribution in [0.25, 0.3) is 0 Å². The second kappa shape index (κ2) is 7.19. The van der Waals surface area contributed by atoms with E-state index in [2.05, 4.69) is 10.4 Å². The van der Waals surface area contributed by atoms with Crippen molar-refractivity contribution >= 4 is 17.5 Å². The number of nitrogens with one attached hydrogen (secondary N) is 1. The number of likely N-dealkylation sites (tertiary alicyclic amines) is 1. The topological polar surface area (TPSA) is 70.5 Å². The van der Waals surface area contributed by atoms with Gasteiger partial charge in [-0.2, -0.15) is 5.10 Å². The minimum atomic E-state index is -0.865. The Hall–Kier alpha value is -2.83. The zero-order valence-electron chi connectivity index (χ0n) is 15.5. The van der Waals surface area contributed by atoms with E-state index in [0.29, 0.717) is 25.1 Å². The maximum Gasteiger partial charge on any atom is 0.253 e. The van der Waals surface area contributed by atoms with Crippen LogP contribution in [0.3, 0.4) is 0 Å². The van der Waals surface area contributed by atoms with Crippen LogP contribution in [0.5, 0.6) is 0 Å². The Kier molecular flexibility index (Phi) is 4.97. The monoisotopic (exact) mass is 355 g/mol. The second-order valence-corrected chi connectivity index (χ2v) is 6.83. The number of nitrogens with zero attached hydrogens (tertiary/aromatic N) is 4. The molecule has 1 aliphatic rings. The molecule has 2 heterocycles. The number of hydrogen-bond acceptors (Lipinski definition) is 4. The fourth-order valence-corrected chi connectivity index (χ4v) is 3.53. The van der Waals surface area contributed by atoms with Crippen LogP contribution in [-0.2, 0) is 10.3 Å². The zero-order chi connectivity index (χ0) is 18.7. The summed E-state index contributed by atoms with van der Waals surface area (Å²) >= 11 is 0. The van der Waals surface area contributed by atoms with E-state index in [0.717, 1.165) is 12.1 Å². The first-order chi connectivity index (χ1) is 12.5. The van der Waals surface area contributed by atoms with Crippen LogP contribution in [0.15, 0.2) is 42.7 Å². The highest BCUT2D eigenvalue weighted by Crippen LogP contribution is 2.30. The van der Waals surface area contributed by atoms with Crippen LogP contribution in [-0.4, -0.2) is 60.7 Å². The minimum Gasteiger partial charge on any atom is -0.378 e. The molecule has 7 heteroatoms. The highest BCUT2D eigenvalue weighted by Gasteiger charge is 2.45. The van der Waals surface area contributed by atoms with Gasteiger partial charge in [0.05, 0.1) is 6.54 Å². The Bertz CT molecular complexity index is 770. The summed E-state index contributed by atoms with van der Waals surface area (Å²) in [4.78, 5) is 29.4. The lowest BCUT2D eigenvalue weighted by Gasteiger charge is -2.41. The van der Waals surface area contributed by atoms with E-state index in [9.17, 15) is 9.59 Å². The second-order valence-electron chi connectivity index (χ2n) is 6.83. The first-order valence-corrected chi connectivity index (χ1v) is 8.77. The van der Waals surface area contributed by atoms with Gasteiger partial charge in [0.2, 0.25) is 5.91 Å². The van der Waals surface area contributed by atoms with Crippen molar-refractivity contribution in [1.82, 2.24) is 20.0 Å². The van der Waals surface area contributed by atoms with Gasteiger partial charge in [-0.25, -0.2) is 0 Å². The van der Waals surface area contributed by atoms with Gasteiger partial charge in [-0.15, -0.1) is 0 Å². The number of carbonyl (C=O) groups is 2. The maximum absolute atomic E-state index is 13.0. The van der Waals surface area contributed by atoms with E-state index in [1.807, 2.05) is 43.3 Å². The normalized spacial score (nSPS) is 19.9. The van der Waals surface area contributed by atoms with Gasteiger partial charge in [0.25, 0.3) is 5.91 Å². The van der Waals surface area contributed by atoms with Crippen molar-refractivity contribution < 1.29 is 9.59 Å². The fraction of sp³-hybridized carbons (Fsp3) is 0.421. The van der Waals surface area contributed by atoms with Crippen LogP contribution in [0.4, 0.5) is 5.69 Å². The van der Waals surface area contributed by atoms with E-state index in [-0.39, 0.29) is 11.8 Å². The molecule has 0 spiro atoms. The van der Waals surface area contributed by atoms with Gasteiger partial charge >= 0.3 is 0 Å². The molecule has 1 aromatic heterocycles. The third-order valence-electron chi connectivity index (χ3n) is 4.98. The lowest BCUT2D eigenvalue weighted by Crippen LogP contribution is -2.59. The lowest BCUT2D eigenvalue weighted by atomic mass is 9.87. The highest BCUT2D eigenvalue weighted by atomic mass is 16.2. The van der Waals surface area contributed by atoms with E-state index in [1.165, 1.54) is 0 Å². The van der Waals surface area contributed by atoms with Crippen LogP contribution in [0.1, 0.15) is 23.2 Å². The SMILES string of the molecule is CNC(=O)C1(n2cccn2)CCCN(C(=O)c2ccc(N(C)C)cc2)C1. The predicted octanol–water partition coefficient (Wildman–Crippen LogP) is 1.33. The third kappa shape index (κ3) is 3.16. The molecule has 3 rings (SSSR count). The molecule has 1 saturated heterocycles. The largest absolute Gasteiger partial charge is 0.378 e. The zero-order valence-corrected chi connectivity index (χ0v) is 15.5. The van der Waals surface area contributed by atoms with Crippen molar-refractivity contribution in [2.24, 2.45) is 0 Å². The van der Waals surface area contributed by atoms with E-state index < -0.39 is 5.54 Å². The maximum atomic E-state index is 13.0. The van der Waals surface area contributed by atoms with Gasteiger partial charge in [-0.3, -0.25) is 14.3 Å². The molecule has 138 valence electrons. The quantitative estimate of drug-likeness (QED) is 0.898. The summed E-state index contributed by atoms with van der Waals surface area (Å²) in [5.74, 6) is -0.183. The average molecular weight is 355 g/mol. The van der Waals surface area contributed by atoms with Gasteiger partial charge in [0.15, 0.2) is 5.54 Å². The minimum absolute atomic E-state index is 0.0598. The van der Waals surface area contributed by atoms with Crippen molar-refractivity contribution in [3.8, 4) is 0 Å². The number of piperidine rings is 1. The standard InChI is InChI=1S/C19H25N5O2/c1-20-18(26)19(24-13-5-11-21-24)10-4-12-23(14-19)17(25)15-6-8-16(9-7-15)22(2)3/h5-9,11,13H,4,10,12,14H2,1-3H3,(H,20,26). The Morgan fingerprint density at radius 2 is 1.96 bits per heavy atom. The van der Waals surface area contributed by atoms with Crippen LogP contribution in [0, 0.1) is 0 Å². The van der Waals surface area contributed by atoms with Gasteiger partial charge in [-0.05, 0) is 43.2 Å². The molecule has 1 N–H and O–H groups in total. The van der Waals surface area contributed by atoms with Crippen molar-refractivity contribution in [3.63, 3.8) is 0 Å². The van der Waals surface area contributed by atoms with E-state index in [1.54, 1.807) is 35.1 Å². The summed E-state index contributed by atoms with van der Waals surface area (Å²) in [6, 6.07) is 9.32. The molecule has 7 nitrogen and oxygen atoms in total. The number of aromatic nitrogens is 2. The number of anilines is 1. The smallest absolute Gasteiger partial charge is 0.253 e. The molecule has 0 saturated carbocycles. The number of hydrogen-bond donors (Lipinski definition) is 1. The highest BCUT2D eigenvalue weighted by molar-refractivity contribution is 5.95. The van der Waals surface area contributed by atoms with Crippen molar-refractivity contribution in [1.29, 1.82) is 0 Å². The molecule has 26 heavy (non-hydrogen) atoms. The number of amides is 2. The van der Waals surface area contributed by atoms with Crippen LogP contribution < -0.4 is 10.2 Å². The fourth-order valence-electron chi connectivity index (χ4n) is 3.53. The molecule has 1 aliphatic heterocycles. The number of likely N-dealkylation sites (N-methyl/N-ethyl adjacent to an activating group) is 1. The molecular formula is C19H25N5O2. The summed E-state index contributed by atoms with van der Waals surface area (Å²) < 4.78 is 1.68. The van der Waals surface area contributed by atoms with Crippen molar-refractivity contribution in [2.45, 2.75) is 18.4 Å². The molecule has 1 atom stereocenters. The van der Waals surface area contributed by atoms with Crippen LogP contribution in [0.2, 0.25) is 0 Å². The molecule has 2 aromatic rings. The molecule has 0 radical (unpaired) electrons.